The van der Waals surface area contributed by atoms with Gasteiger partial charge in [0.05, 0.1) is 5.92 Å². The summed E-state index contributed by atoms with van der Waals surface area (Å²) in [6.07, 6.45) is 0.710. The zero-order valence-electron chi connectivity index (χ0n) is 12.6. The van der Waals surface area contributed by atoms with Crippen molar-refractivity contribution < 1.29 is 9.90 Å². The van der Waals surface area contributed by atoms with Gasteiger partial charge in [0.25, 0.3) is 0 Å². The number of aliphatic carboxylic acids is 1. The average Bonchev–Trinajstić information content (AvgIpc) is 2.56. The van der Waals surface area contributed by atoms with E-state index < -0.39 is 5.97 Å². The lowest BCUT2D eigenvalue weighted by Gasteiger charge is -2.37. The molecule has 22 heavy (non-hydrogen) atoms. The van der Waals surface area contributed by atoms with Crippen molar-refractivity contribution in [1.29, 1.82) is 0 Å². The van der Waals surface area contributed by atoms with Crippen molar-refractivity contribution >= 4 is 5.97 Å². The molecule has 3 heteroatoms. The second kappa shape index (κ2) is 6.75. The van der Waals surface area contributed by atoms with E-state index in [1.54, 1.807) is 0 Å². The first-order valence-electron chi connectivity index (χ1n) is 7.78. The maximum atomic E-state index is 11.6. The molecule has 2 atom stereocenters. The number of hydrogen-bond donors (Lipinski definition) is 1. The predicted octanol–water partition coefficient (Wildman–Crippen LogP) is 3.38. The summed E-state index contributed by atoms with van der Waals surface area (Å²) in [5.74, 6) is -0.890. The molecular weight excluding hydrogens is 274 g/mol. The molecule has 1 aliphatic rings. The molecule has 114 valence electrons. The number of benzene rings is 2. The lowest BCUT2D eigenvalue weighted by molar-refractivity contribution is -0.144. The minimum atomic E-state index is -0.673. The van der Waals surface area contributed by atoms with Crippen molar-refractivity contribution in [3.63, 3.8) is 0 Å². The Morgan fingerprint density at radius 3 is 2.32 bits per heavy atom. The number of nitrogens with zero attached hydrogens (tertiary/aromatic N) is 1. The van der Waals surface area contributed by atoms with Gasteiger partial charge in [-0.2, -0.15) is 0 Å². The molecule has 1 fully saturated rings. The van der Waals surface area contributed by atoms with E-state index in [9.17, 15) is 9.90 Å². The van der Waals surface area contributed by atoms with Crippen LogP contribution in [0, 0.1) is 5.92 Å². The second-order valence-electron chi connectivity index (χ2n) is 5.97. The first-order valence-corrected chi connectivity index (χ1v) is 7.78. The van der Waals surface area contributed by atoms with E-state index in [2.05, 4.69) is 17.0 Å². The zero-order valence-corrected chi connectivity index (χ0v) is 12.6. The van der Waals surface area contributed by atoms with Crippen molar-refractivity contribution in [2.24, 2.45) is 5.92 Å². The summed E-state index contributed by atoms with van der Waals surface area (Å²) in [7, 11) is 0. The monoisotopic (exact) mass is 295 g/mol. The summed E-state index contributed by atoms with van der Waals surface area (Å²) in [6, 6.07) is 20.4. The maximum Gasteiger partial charge on any atom is 0.307 e. The SMILES string of the molecule is O=C(O)C1CCN(Cc2ccccc2)CC1c1ccccc1. The maximum absolute atomic E-state index is 11.6. The Labute approximate surface area is 131 Å². The fourth-order valence-corrected chi connectivity index (χ4v) is 3.34. The van der Waals surface area contributed by atoms with Gasteiger partial charge in [0.1, 0.15) is 0 Å². The van der Waals surface area contributed by atoms with Gasteiger partial charge >= 0.3 is 5.97 Å². The largest absolute Gasteiger partial charge is 0.481 e. The highest BCUT2D eigenvalue weighted by molar-refractivity contribution is 5.71. The molecule has 0 spiro atoms. The number of rotatable bonds is 4. The third-order valence-electron chi connectivity index (χ3n) is 4.49. The molecule has 0 amide bonds. The normalized spacial score (nSPS) is 22.4. The van der Waals surface area contributed by atoms with Gasteiger partial charge in [-0.1, -0.05) is 60.7 Å². The summed E-state index contributed by atoms with van der Waals surface area (Å²) in [6.45, 7) is 2.53. The van der Waals surface area contributed by atoms with Crippen LogP contribution in [0.15, 0.2) is 60.7 Å². The number of hydrogen-bond acceptors (Lipinski definition) is 2. The predicted molar refractivity (Wildman–Crippen MR) is 86.6 cm³/mol. The number of piperidine rings is 1. The number of likely N-dealkylation sites (tertiary alicyclic amines) is 1. The third kappa shape index (κ3) is 3.37. The summed E-state index contributed by atoms with van der Waals surface area (Å²) in [5.41, 5.74) is 2.41. The molecule has 0 bridgehead atoms. The highest BCUT2D eigenvalue weighted by Gasteiger charge is 2.34. The molecule has 1 aliphatic heterocycles. The van der Waals surface area contributed by atoms with Crippen molar-refractivity contribution in [3.05, 3.63) is 71.8 Å². The van der Waals surface area contributed by atoms with Crippen LogP contribution in [0.1, 0.15) is 23.5 Å². The van der Waals surface area contributed by atoms with E-state index in [0.29, 0.717) is 6.42 Å². The fourth-order valence-electron chi connectivity index (χ4n) is 3.34. The van der Waals surface area contributed by atoms with Gasteiger partial charge in [-0.15, -0.1) is 0 Å². The van der Waals surface area contributed by atoms with Crippen molar-refractivity contribution in [3.8, 4) is 0 Å². The van der Waals surface area contributed by atoms with E-state index in [4.69, 9.17) is 0 Å². The van der Waals surface area contributed by atoms with Gasteiger partial charge < -0.3 is 5.11 Å². The summed E-state index contributed by atoms with van der Waals surface area (Å²) < 4.78 is 0. The van der Waals surface area contributed by atoms with Crippen LogP contribution in [-0.4, -0.2) is 29.1 Å². The van der Waals surface area contributed by atoms with E-state index >= 15 is 0 Å². The van der Waals surface area contributed by atoms with Crippen molar-refractivity contribution in [2.45, 2.75) is 18.9 Å². The van der Waals surface area contributed by atoms with Crippen LogP contribution in [0.25, 0.3) is 0 Å². The van der Waals surface area contributed by atoms with Gasteiger partial charge in [-0.05, 0) is 24.1 Å². The molecule has 0 radical (unpaired) electrons. The summed E-state index contributed by atoms with van der Waals surface area (Å²) in [5, 5.41) is 9.53. The van der Waals surface area contributed by atoms with Crippen LogP contribution in [0.3, 0.4) is 0 Å². The molecule has 0 aliphatic carbocycles. The van der Waals surface area contributed by atoms with Gasteiger partial charge in [0.15, 0.2) is 0 Å². The molecule has 0 aromatic heterocycles. The van der Waals surface area contributed by atoms with E-state index in [1.165, 1.54) is 5.56 Å². The molecule has 1 N–H and O–H groups in total. The van der Waals surface area contributed by atoms with Crippen LogP contribution < -0.4 is 0 Å². The molecule has 1 heterocycles. The highest BCUT2D eigenvalue weighted by Crippen LogP contribution is 2.33. The van der Waals surface area contributed by atoms with Crippen LogP contribution >= 0.6 is 0 Å². The van der Waals surface area contributed by atoms with Crippen LogP contribution in [0.4, 0.5) is 0 Å². The average molecular weight is 295 g/mol. The molecule has 3 nitrogen and oxygen atoms in total. The molecule has 1 saturated heterocycles. The Bertz CT molecular complexity index is 612. The quantitative estimate of drug-likeness (QED) is 0.940. The Kier molecular flexibility index (Phi) is 4.54. The van der Waals surface area contributed by atoms with Gasteiger partial charge in [0.2, 0.25) is 0 Å². The minimum Gasteiger partial charge on any atom is -0.481 e. The van der Waals surface area contributed by atoms with Crippen LogP contribution in [0.5, 0.6) is 0 Å². The molecule has 2 unspecified atom stereocenters. The zero-order chi connectivity index (χ0) is 15.4. The molecule has 0 saturated carbocycles. The Morgan fingerprint density at radius 2 is 1.68 bits per heavy atom. The molecule has 2 aromatic carbocycles. The summed E-state index contributed by atoms with van der Waals surface area (Å²) in [4.78, 5) is 14.0. The number of carboxylic acid groups (broad SMARTS) is 1. The summed E-state index contributed by atoms with van der Waals surface area (Å²) >= 11 is 0. The second-order valence-corrected chi connectivity index (χ2v) is 5.97. The smallest absolute Gasteiger partial charge is 0.307 e. The Balaban J connectivity index is 1.77. The minimum absolute atomic E-state index is 0.0659. The number of carboxylic acids is 1. The molecule has 3 rings (SSSR count). The highest BCUT2D eigenvalue weighted by atomic mass is 16.4. The van der Waals surface area contributed by atoms with Gasteiger partial charge in [-0.3, -0.25) is 9.69 Å². The van der Waals surface area contributed by atoms with Crippen LogP contribution in [0.2, 0.25) is 0 Å². The molecular formula is C19H21NO2. The van der Waals surface area contributed by atoms with Gasteiger partial charge in [-0.25, -0.2) is 0 Å². The van der Waals surface area contributed by atoms with Crippen molar-refractivity contribution in [1.82, 2.24) is 4.90 Å². The molecule has 2 aromatic rings. The lowest BCUT2D eigenvalue weighted by Crippen LogP contribution is -2.41. The number of carbonyl (C=O) groups is 1. The first kappa shape index (κ1) is 14.8. The first-order chi connectivity index (χ1) is 10.7. The van der Waals surface area contributed by atoms with Crippen molar-refractivity contribution in [2.75, 3.05) is 13.1 Å². The Morgan fingerprint density at radius 1 is 1.05 bits per heavy atom. The van der Waals surface area contributed by atoms with E-state index in [-0.39, 0.29) is 11.8 Å². The fraction of sp³-hybridized carbons (Fsp3) is 0.316. The van der Waals surface area contributed by atoms with Crippen LogP contribution in [-0.2, 0) is 11.3 Å². The topological polar surface area (TPSA) is 40.5 Å². The Hall–Kier alpha value is -2.13. The lowest BCUT2D eigenvalue weighted by atomic mass is 9.80. The van der Waals surface area contributed by atoms with E-state index in [1.807, 2.05) is 48.5 Å². The van der Waals surface area contributed by atoms with Gasteiger partial charge in [0, 0.05) is 19.0 Å². The standard InChI is InChI=1S/C19H21NO2/c21-19(22)17-11-12-20(13-15-7-3-1-4-8-15)14-18(17)16-9-5-2-6-10-16/h1-10,17-18H,11-14H2,(H,21,22). The third-order valence-corrected chi connectivity index (χ3v) is 4.49. The van der Waals surface area contributed by atoms with E-state index in [0.717, 1.165) is 25.2 Å².